The van der Waals surface area contributed by atoms with Crippen molar-refractivity contribution in [3.8, 4) is 0 Å². The molecule has 0 amide bonds. The normalized spacial score (nSPS) is 21.7. The van der Waals surface area contributed by atoms with Crippen LogP contribution in [0.2, 0.25) is 0 Å². The number of rotatable bonds is 3. The Balaban J connectivity index is 2.23. The highest BCUT2D eigenvalue weighted by atomic mass is 19.4. The summed E-state index contributed by atoms with van der Waals surface area (Å²) in [4.78, 5) is 14.7. The van der Waals surface area contributed by atoms with Crippen LogP contribution in [0.5, 0.6) is 0 Å². The number of hydrogen-bond donors (Lipinski definition) is 1. The maximum Gasteiger partial charge on any atom is 0.449 e. The Bertz CT molecular complexity index is 721. The molecule has 1 aromatic heterocycles. The standard InChI is InChI=1S/C14H13F3N2O2/c1-2-7-5-10(7)19-11-6-8(12(20)21)3-4-9(11)18-13(19)14(15,16)17/h3-4,6-7,10H,2,5H2,1H3,(H,20,21). The van der Waals surface area contributed by atoms with E-state index in [-0.39, 0.29) is 28.6 Å². The Labute approximate surface area is 118 Å². The second kappa shape index (κ2) is 4.47. The van der Waals surface area contributed by atoms with E-state index < -0.39 is 18.0 Å². The Kier molecular flexibility index (Phi) is 2.96. The van der Waals surface area contributed by atoms with Crippen molar-refractivity contribution in [1.29, 1.82) is 0 Å². The number of hydrogen-bond acceptors (Lipinski definition) is 2. The fourth-order valence-corrected chi connectivity index (χ4v) is 2.75. The molecule has 3 rings (SSSR count). The molecule has 7 heteroatoms. The van der Waals surface area contributed by atoms with Crippen LogP contribution in [-0.4, -0.2) is 20.6 Å². The lowest BCUT2D eigenvalue weighted by molar-refractivity contribution is -0.147. The molecule has 2 atom stereocenters. The zero-order chi connectivity index (χ0) is 15.4. The number of imidazole rings is 1. The van der Waals surface area contributed by atoms with Crippen molar-refractivity contribution < 1.29 is 23.1 Å². The summed E-state index contributed by atoms with van der Waals surface area (Å²) in [5.74, 6) is -1.92. The number of fused-ring (bicyclic) bond motifs is 1. The molecule has 112 valence electrons. The second-order valence-electron chi connectivity index (χ2n) is 5.28. The molecule has 4 nitrogen and oxygen atoms in total. The van der Waals surface area contributed by atoms with E-state index in [4.69, 9.17) is 5.11 Å². The molecule has 0 saturated heterocycles. The number of carbonyl (C=O) groups is 1. The van der Waals surface area contributed by atoms with Gasteiger partial charge in [-0.15, -0.1) is 0 Å². The third-order valence-corrected chi connectivity index (χ3v) is 3.93. The van der Waals surface area contributed by atoms with Crippen molar-refractivity contribution in [3.63, 3.8) is 0 Å². The Hall–Kier alpha value is -2.05. The lowest BCUT2D eigenvalue weighted by Crippen LogP contribution is -2.15. The zero-order valence-electron chi connectivity index (χ0n) is 11.2. The number of alkyl halides is 3. The van der Waals surface area contributed by atoms with E-state index in [0.29, 0.717) is 6.42 Å². The average Bonchev–Trinajstić information content (AvgIpc) is 3.08. The third-order valence-electron chi connectivity index (χ3n) is 3.93. The van der Waals surface area contributed by atoms with Crippen molar-refractivity contribution in [2.75, 3.05) is 0 Å². The third kappa shape index (κ3) is 2.26. The highest BCUT2D eigenvalue weighted by Crippen LogP contribution is 2.49. The van der Waals surface area contributed by atoms with E-state index >= 15 is 0 Å². The molecule has 1 aliphatic rings. The Morgan fingerprint density at radius 1 is 1.48 bits per heavy atom. The largest absolute Gasteiger partial charge is 0.478 e. The fourth-order valence-electron chi connectivity index (χ4n) is 2.75. The minimum atomic E-state index is -4.55. The van der Waals surface area contributed by atoms with Crippen LogP contribution >= 0.6 is 0 Å². The first-order valence-electron chi connectivity index (χ1n) is 6.65. The first-order chi connectivity index (χ1) is 9.82. The van der Waals surface area contributed by atoms with Crippen LogP contribution in [0, 0.1) is 5.92 Å². The highest BCUT2D eigenvalue weighted by Gasteiger charge is 2.45. The molecule has 1 fully saturated rings. The lowest BCUT2D eigenvalue weighted by atomic mass is 10.2. The zero-order valence-corrected chi connectivity index (χ0v) is 11.2. The predicted molar refractivity (Wildman–Crippen MR) is 69.1 cm³/mol. The van der Waals surface area contributed by atoms with Crippen molar-refractivity contribution in [2.45, 2.75) is 32.0 Å². The molecule has 0 radical (unpaired) electrons. The number of nitrogens with zero attached hydrogens (tertiary/aromatic N) is 2. The van der Waals surface area contributed by atoms with E-state index in [1.165, 1.54) is 18.2 Å². The van der Waals surface area contributed by atoms with Gasteiger partial charge in [0.15, 0.2) is 0 Å². The van der Waals surface area contributed by atoms with Crippen molar-refractivity contribution in [1.82, 2.24) is 9.55 Å². The van der Waals surface area contributed by atoms with Crippen molar-refractivity contribution in [2.24, 2.45) is 5.92 Å². The van der Waals surface area contributed by atoms with Gasteiger partial charge in [-0.2, -0.15) is 13.2 Å². The van der Waals surface area contributed by atoms with Gasteiger partial charge in [0.05, 0.1) is 16.6 Å². The summed E-state index contributed by atoms with van der Waals surface area (Å²) in [6.45, 7) is 1.93. The van der Waals surface area contributed by atoms with Crippen molar-refractivity contribution >= 4 is 17.0 Å². The number of aromatic nitrogens is 2. The first-order valence-corrected chi connectivity index (χ1v) is 6.65. The van der Waals surface area contributed by atoms with Crippen LogP contribution in [0.15, 0.2) is 18.2 Å². The van der Waals surface area contributed by atoms with Gasteiger partial charge in [-0.25, -0.2) is 9.78 Å². The predicted octanol–water partition coefficient (Wildman–Crippen LogP) is 3.72. The van der Waals surface area contributed by atoms with Gasteiger partial charge >= 0.3 is 12.1 Å². The molecule has 1 saturated carbocycles. The summed E-state index contributed by atoms with van der Waals surface area (Å²) in [7, 11) is 0. The molecule has 1 N–H and O–H groups in total. The highest BCUT2D eigenvalue weighted by molar-refractivity contribution is 5.92. The Morgan fingerprint density at radius 2 is 2.19 bits per heavy atom. The molecule has 21 heavy (non-hydrogen) atoms. The molecular weight excluding hydrogens is 285 g/mol. The maximum absolute atomic E-state index is 13.2. The van der Waals surface area contributed by atoms with E-state index in [1.54, 1.807) is 0 Å². The topological polar surface area (TPSA) is 55.1 Å². The van der Waals surface area contributed by atoms with Gasteiger partial charge in [0.1, 0.15) is 0 Å². The Morgan fingerprint density at radius 3 is 2.71 bits per heavy atom. The van der Waals surface area contributed by atoms with E-state index in [1.807, 2.05) is 6.92 Å². The summed E-state index contributed by atoms with van der Waals surface area (Å²) in [6, 6.07) is 3.62. The minimum absolute atomic E-state index is 0.0360. The van der Waals surface area contributed by atoms with Gasteiger partial charge in [-0.1, -0.05) is 13.3 Å². The minimum Gasteiger partial charge on any atom is -0.478 e. The lowest BCUT2D eigenvalue weighted by Gasteiger charge is -2.11. The van der Waals surface area contributed by atoms with Crippen LogP contribution in [-0.2, 0) is 6.18 Å². The van der Waals surface area contributed by atoms with Gasteiger partial charge < -0.3 is 9.67 Å². The number of halogens is 3. The van der Waals surface area contributed by atoms with Crippen LogP contribution in [0.25, 0.3) is 11.0 Å². The molecule has 0 bridgehead atoms. The molecule has 2 unspecified atom stereocenters. The number of benzene rings is 1. The van der Waals surface area contributed by atoms with Gasteiger partial charge in [0, 0.05) is 6.04 Å². The van der Waals surface area contributed by atoms with Gasteiger partial charge in [-0.3, -0.25) is 0 Å². The fraction of sp³-hybridized carbons (Fsp3) is 0.429. The molecule has 2 aromatic rings. The van der Waals surface area contributed by atoms with Crippen LogP contribution in [0.1, 0.15) is 42.0 Å². The van der Waals surface area contributed by atoms with E-state index in [0.717, 1.165) is 11.0 Å². The van der Waals surface area contributed by atoms with Crippen molar-refractivity contribution in [3.05, 3.63) is 29.6 Å². The summed E-state index contributed by atoms with van der Waals surface area (Å²) >= 11 is 0. The van der Waals surface area contributed by atoms with Gasteiger partial charge in [-0.05, 0) is 30.5 Å². The van der Waals surface area contributed by atoms with Gasteiger partial charge in [0.2, 0.25) is 5.82 Å². The number of carboxylic acids is 1. The van der Waals surface area contributed by atoms with Crippen LogP contribution in [0.3, 0.4) is 0 Å². The summed E-state index contributed by atoms with van der Waals surface area (Å²) in [5, 5.41) is 9.00. The number of carboxylic acid groups (broad SMARTS) is 1. The molecule has 0 aliphatic heterocycles. The molecule has 1 heterocycles. The number of aromatic carboxylic acids is 1. The molecular formula is C14H13F3N2O2. The molecule has 1 aliphatic carbocycles. The summed E-state index contributed by atoms with van der Waals surface area (Å²) in [5.41, 5.74) is 0.378. The van der Waals surface area contributed by atoms with Crippen LogP contribution < -0.4 is 0 Å². The maximum atomic E-state index is 13.2. The van der Waals surface area contributed by atoms with E-state index in [2.05, 4.69) is 4.98 Å². The molecule has 0 spiro atoms. The van der Waals surface area contributed by atoms with Gasteiger partial charge in [0.25, 0.3) is 0 Å². The quantitative estimate of drug-likeness (QED) is 0.939. The average molecular weight is 298 g/mol. The van der Waals surface area contributed by atoms with Crippen LogP contribution in [0.4, 0.5) is 13.2 Å². The smallest absolute Gasteiger partial charge is 0.449 e. The molecule has 1 aromatic carbocycles. The second-order valence-corrected chi connectivity index (χ2v) is 5.28. The first kappa shape index (κ1) is 13.9. The summed E-state index contributed by atoms with van der Waals surface area (Å²) < 4.78 is 40.7. The van der Waals surface area contributed by atoms with E-state index in [9.17, 15) is 18.0 Å². The monoisotopic (exact) mass is 298 g/mol. The summed E-state index contributed by atoms with van der Waals surface area (Å²) in [6.07, 6.45) is -3.09. The SMILES string of the molecule is CCC1CC1n1c(C(F)(F)F)nc2ccc(C(=O)O)cc21.